The summed E-state index contributed by atoms with van der Waals surface area (Å²) in [5.74, 6) is 0.430. The Kier molecular flexibility index (Phi) is 6.33. The molecule has 0 aromatic heterocycles. The van der Waals surface area contributed by atoms with Gasteiger partial charge in [0.05, 0.1) is 20.3 Å². The molecular formula is C24H24N2O5. The molecule has 0 spiro atoms. The molecule has 0 unspecified atom stereocenters. The number of methoxy groups -OCH3 is 1. The van der Waals surface area contributed by atoms with Gasteiger partial charge in [0.1, 0.15) is 0 Å². The normalized spacial score (nSPS) is 13.6. The molecule has 3 aromatic carbocycles. The number of nitrogens with one attached hydrogen (secondary N) is 1. The van der Waals surface area contributed by atoms with E-state index in [1.54, 1.807) is 23.1 Å². The lowest BCUT2D eigenvalue weighted by Crippen LogP contribution is -2.43. The van der Waals surface area contributed by atoms with E-state index in [-0.39, 0.29) is 18.4 Å². The van der Waals surface area contributed by atoms with Gasteiger partial charge in [-0.1, -0.05) is 36.4 Å². The van der Waals surface area contributed by atoms with Crippen molar-refractivity contribution in [2.24, 2.45) is 0 Å². The van der Waals surface area contributed by atoms with Crippen molar-refractivity contribution in [2.45, 2.75) is 0 Å². The molecule has 0 saturated carbocycles. The van der Waals surface area contributed by atoms with Gasteiger partial charge in [-0.25, -0.2) is 0 Å². The SMILES string of the molecule is COc1cc(C(=O)Nc2cccc3ccccc23)ccc1OCC(=O)N1CCOCC1. The molecule has 1 aliphatic rings. The number of nitrogens with zero attached hydrogens (tertiary/aromatic N) is 1. The molecule has 1 N–H and O–H groups in total. The van der Waals surface area contributed by atoms with E-state index in [0.29, 0.717) is 43.4 Å². The van der Waals surface area contributed by atoms with Crippen LogP contribution in [-0.2, 0) is 9.53 Å². The third-order valence-electron chi connectivity index (χ3n) is 5.18. The highest BCUT2D eigenvalue weighted by molar-refractivity contribution is 6.09. The number of hydrogen-bond acceptors (Lipinski definition) is 5. The molecule has 31 heavy (non-hydrogen) atoms. The Balaban J connectivity index is 1.45. The molecule has 1 aliphatic heterocycles. The molecule has 7 heteroatoms. The fourth-order valence-corrected chi connectivity index (χ4v) is 3.50. The fraction of sp³-hybridized carbons (Fsp3) is 0.250. The van der Waals surface area contributed by atoms with Gasteiger partial charge in [0.2, 0.25) is 0 Å². The Morgan fingerprint density at radius 2 is 1.77 bits per heavy atom. The maximum Gasteiger partial charge on any atom is 0.260 e. The van der Waals surface area contributed by atoms with Crippen molar-refractivity contribution in [3.8, 4) is 11.5 Å². The number of carbonyl (C=O) groups excluding carboxylic acids is 2. The van der Waals surface area contributed by atoms with Crippen LogP contribution >= 0.6 is 0 Å². The largest absolute Gasteiger partial charge is 0.493 e. The molecule has 4 rings (SSSR count). The first-order chi connectivity index (χ1) is 15.2. The lowest BCUT2D eigenvalue weighted by Gasteiger charge is -2.26. The summed E-state index contributed by atoms with van der Waals surface area (Å²) in [7, 11) is 1.50. The van der Waals surface area contributed by atoms with Gasteiger partial charge < -0.3 is 24.4 Å². The fourth-order valence-electron chi connectivity index (χ4n) is 3.50. The molecule has 1 heterocycles. The van der Waals surface area contributed by atoms with Crippen LogP contribution in [0.15, 0.2) is 60.7 Å². The van der Waals surface area contributed by atoms with E-state index in [0.717, 1.165) is 16.5 Å². The zero-order chi connectivity index (χ0) is 21.6. The van der Waals surface area contributed by atoms with Crippen LogP contribution in [0.2, 0.25) is 0 Å². The van der Waals surface area contributed by atoms with E-state index in [9.17, 15) is 9.59 Å². The second-order valence-electron chi connectivity index (χ2n) is 7.13. The smallest absolute Gasteiger partial charge is 0.260 e. The maximum atomic E-state index is 12.8. The van der Waals surface area contributed by atoms with Gasteiger partial charge in [0, 0.05) is 29.7 Å². The second kappa shape index (κ2) is 9.49. The summed E-state index contributed by atoms with van der Waals surface area (Å²) in [5.41, 5.74) is 1.16. The van der Waals surface area contributed by atoms with Crippen molar-refractivity contribution in [3.63, 3.8) is 0 Å². The first-order valence-electron chi connectivity index (χ1n) is 10.1. The number of anilines is 1. The number of hydrogen-bond donors (Lipinski definition) is 1. The van der Waals surface area contributed by atoms with Gasteiger partial charge >= 0.3 is 0 Å². The average Bonchev–Trinajstić information content (AvgIpc) is 2.83. The molecule has 3 aromatic rings. The highest BCUT2D eigenvalue weighted by Gasteiger charge is 2.18. The van der Waals surface area contributed by atoms with E-state index in [1.807, 2.05) is 42.5 Å². The monoisotopic (exact) mass is 420 g/mol. The number of ether oxygens (including phenoxy) is 3. The Bertz CT molecular complexity index is 1090. The minimum Gasteiger partial charge on any atom is -0.493 e. The van der Waals surface area contributed by atoms with Gasteiger partial charge in [-0.15, -0.1) is 0 Å². The molecule has 2 amide bonds. The minimum absolute atomic E-state index is 0.0993. The van der Waals surface area contributed by atoms with Crippen molar-refractivity contribution in [2.75, 3.05) is 45.3 Å². The molecule has 0 aliphatic carbocycles. The van der Waals surface area contributed by atoms with Crippen molar-refractivity contribution in [1.29, 1.82) is 0 Å². The Morgan fingerprint density at radius 3 is 2.58 bits per heavy atom. The number of carbonyl (C=O) groups is 2. The summed E-state index contributed by atoms with van der Waals surface area (Å²) < 4.78 is 16.3. The summed E-state index contributed by atoms with van der Waals surface area (Å²) in [5, 5.41) is 4.97. The Hall–Kier alpha value is -3.58. The van der Waals surface area contributed by atoms with E-state index < -0.39 is 0 Å². The summed E-state index contributed by atoms with van der Waals surface area (Å²) in [6.45, 7) is 2.10. The van der Waals surface area contributed by atoms with Crippen LogP contribution < -0.4 is 14.8 Å². The van der Waals surface area contributed by atoms with Crippen molar-refractivity contribution < 1.29 is 23.8 Å². The highest BCUT2D eigenvalue weighted by Crippen LogP contribution is 2.29. The van der Waals surface area contributed by atoms with Crippen LogP contribution in [0.5, 0.6) is 11.5 Å². The predicted molar refractivity (Wildman–Crippen MR) is 118 cm³/mol. The third-order valence-corrected chi connectivity index (χ3v) is 5.18. The summed E-state index contributed by atoms with van der Waals surface area (Å²) >= 11 is 0. The second-order valence-corrected chi connectivity index (χ2v) is 7.13. The Labute approximate surface area is 180 Å². The third kappa shape index (κ3) is 4.78. The van der Waals surface area contributed by atoms with Crippen LogP contribution in [0.1, 0.15) is 10.4 Å². The minimum atomic E-state index is -0.259. The number of rotatable bonds is 6. The van der Waals surface area contributed by atoms with E-state index >= 15 is 0 Å². The molecule has 0 bridgehead atoms. The van der Waals surface area contributed by atoms with Crippen LogP contribution in [0.25, 0.3) is 10.8 Å². The molecular weight excluding hydrogens is 396 g/mol. The molecule has 0 radical (unpaired) electrons. The van der Waals surface area contributed by atoms with Crippen LogP contribution in [0.4, 0.5) is 5.69 Å². The topological polar surface area (TPSA) is 77.1 Å². The maximum absolute atomic E-state index is 12.8. The van der Waals surface area contributed by atoms with Gasteiger partial charge in [-0.05, 0) is 29.7 Å². The number of amides is 2. The van der Waals surface area contributed by atoms with E-state index in [4.69, 9.17) is 14.2 Å². The molecule has 1 saturated heterocycles. The van der Waals surface area contributed by atoms with E-state index in [1.165, 1.54) is 7.11 Å². The van der Waals surface area contributed by atoms with Crippen LogP contribution in [0, 0.1) is 0 Å². The first-order valence-corrected chi connectivity index (χ1v) is 10.1. The standard InChI is InChI=1S/C24H24N2O5/c1-29-22-15-18(9-10-21(22)31-16-23(27)26-11-13-30-14-12-26)24(28)25-20-8-4-6-17-5-2-3-7-19(17)20/h2-10,15H,11-14,16H2,1H3,(H,25,28). The van der Waals surface area contributed by atoms with Gasteiger partial charge in [0.15, 0.2) is 18.1 Å². The lowest BCUT2D eigenvalue weighted by molar-refractivity contribution is -0.137. The predicted octanol–water partition coefficient (Wildman–Crippen LogP) is 3.34. The zero-order valence-corrected chi connectivity index (χ0v) is 17.3. The van der Waals surface area contributed by atoms with Crippen LogP contribution in [-0.4, -0.2) is 56.7 Å². The average molecular weight is 420 g/mol. The molecule has 7 nitrogen and oxygen atoms in total. The van der Waals surface area contributed by atoms with Gasteiger partial charge in [0.25, 0.3) is 11.8 Å². The number of benzene rings is 3. The first kappa shape index (κ1) is 20.7. The van der Waals surface area contributed by atoms with Gasteiger partial charge in [-0.3, -0.25) is 9.59 Å². The number of fused-ring (bicyclic) bond motifs is 1. The molecule has 160 valence electrons. The molecule has 1 fully saturated rings. The summed E-state index contributed by atoms with van der Waals surface area (Å²) in [6.07, 6.45) is 0. The molecule has 0 atom stereocenters. The summed E-state index contributed by atoms with van der Waals surface area (Å²) in [4.78, 5) is 26.8. The van der Waals surface area contributed by atoms with Gasteiger partial charge in [-0.2, -0.15) is 0 Å². The van der Waals surface area contributed by atoms with Crippen molar-refractivity contribution >= 4 is 28.3 Å². The zero-order valence-electron chi connectivity index (χ0n) is 17.3. The highest BCUT2D eigenvalue weighted by atomic mass is 16.5. The Morgan fingerprint density at radius 1 is 1.00 bits per heavy atom. The quantitative estimate of drug-likeness (QED) is 0.662. The van der Waals surface area contributed by atoms with Crippen molar-refractivity contribution in [1.82, 2.24) is 4.90 Å². The number of morpholine rings is 1. The van der Waals surface area contributed by atoms with Crippen molar-refractivity contribution in [3.05, 3.63) is 66.2 Å². The summed E-state index contributed by atoms with van der Waals surface area (Å²) in [6, 6.07) is 18.5. The lowest BCUT2D eigenvalue weighted by atomic mass is 10.1. The van der Waals surface area contributed by atoms with Crippen LogP contribution in [0.3, 0.4) is 0 Å². The van der Waals surface area contributed by atoms with E-state index in [2.05, 4.69) is 5.32 Å².